The summed E-state index contributed by atoms with van der Waals surface area (Å²) in [6.07, 6.45) is 23.9. The number of carboxylic acids is 1. The summed E-state index contributed by atoms with van der Waals surface area (Å²) >= 11 is 0. The molecule has 0 aliphatic rings. The molecule has 0 aromatic carbocycles. The molecule has 0 aromatic rings. The maximum Gasteiger partial charge on any atom is 0.303 e. The molecule has 0 saturated carbocycles. The Morgan fingerprint density at radius 3 is 1.31 bits per heavy atom. The summed E-state index contributed by atoms with van der Waals surface area (Å²) in [7, 11) is 0. The van der Waals surface area contributed by atoms with E-state index in [1.165, 1.54) is 103 Å². The molecule has 2 N–H and O–H groups in total. The Hall–Kier alpha value is -0.570. The van der Waals surface area contributed by atoms with E-state index >= 15 is 0 Å². The predicted molar refractivity (Wildman–Crippen MR) is 112 cm³/mol. The molecule has 1 atom stereocenters. The van der Waals surface area contributed by atoms with E-state index in [1.807, 2.05) is 0 Å². The number of hydrogen-bond donors (Lipinski definition) is 2. The molecular formula is C23H46O3. The molecule has 156 valence electrons. The number of aliphatic carboxylic acids is 1. The van der Waals surface area contributed by atoms with Crippen molar-refractivity contribution in [2.24, 2.45) is 0 Å². The molecule has 3 heteroatoms. The third-order valence-corrected chi connectivity index (χ3v) is 5.33. The minimum atomic E-state index is -0.813. The van der Waals surface area contributed by atoms with Gasteiger partial charge in [-0.05, 0) is 12.8 Å². The van der Waals surface area contributed by atoms with Gasteiger partial charge in [-0.3, -0.25) is 4.79 Å². The van der Waals surface area contributed by atoms with Crippen LogP contribution in [-0.4, -0.2) is 22.3 Å². The van der Waals surface area contributed by atoms with Crippen LogP contribution in [0.2, 0.25) is 0 Å². The molecule has 1 unspecified atom stereocenters. The van der Waals surface area contributed by atoms with Crippen LogP contribution in [0.3, 0.4) is 0 Å². The van der Waals surface area contributed by atoms with Crippen LogP contribution in [0.5, 0.6) is 0 Å². The average Bonchev–Trinajstić information content (AvgIpc) is 2.62. The van der Waals surface area contributed by atoms with Crippen molar-refractivity contribution in [3.8, 4) is 0 Å². The molecule has 0 amide bonds. The van der Waals surface area contributed by atoms with Crippen molar-refractivity contribution in [3.05, 3.63) is 0 Å². The van der Waals surface area contributed by atoms with E-state index in [1.54, 1.807) is 0 Å². The second-order valence-electron chi connectivity index (χ2n) is 8.03. The van der Waals surface area contributed by atoms with Crippen molar-refractivity contribution in [1.82, 2.24) is 0 Å². The lowest BCUT2D eigenvalue weighted by atomic mass is 10.0. The number of carboxylic acid groups (broad SMARTS) is 1. The number of unbranched alkanes of at least 4 members (excludes halogenated alkanes) is 16. The second-order valence-corrected chi connectivity index (χ2v) is 8.03. The van der Waals surface area contributed by atoms with Crippen molar-refractivity contribution < 1.29 is 15.0 Å². The van der Waals surface area contributed by atoms with E-state index in [4.69, 9.17) is 5.11 Å². The smallest absolute Gasteiger partial charge is 0.303 e. The van der Waals surface area contributed by atoms with Gasteiger partial charge in [0.05, 0.1) is 6.10 Å². The van der Waals surface area contributed by atoms with Gasteiger partial charge in [0.1, 0.15) is 0 Å². The first-order chi connectivity index (χ1) is 12.7. The molecule has 0 aliphatic heterocycles. The van der Waals surface area contributed by atoms with Crippen LogP contribution in [0.4, 0.5) is 0 Å². The third kappa shape index (κ3) is 21.5. The first-order valence-corrected chi connectivity index (χ1v) is 11.6. The van der Waals surface area contributed by atoms with E-state index in [0.717, 1.165) is 12.8 Å². The van der Waals surface area contributed by atoms with Crippen molar-refractivity contribution in [3.63, 3.8) is 0 Å². The SMILES string of the molecule is CCCCCCCCCCCCCCCCCCCC(O)CCC(=O)O. The Kier molecular flexibility index (Phi) is 20.3. The summed E-state index contributed by atoms with van der Waals surface area (Å²) < 4.78 is 0. The zero-order valence-electron chi connectivity index (χ0n) is 17.5. The molecule has 0 aliphatic carbocycles. The lowest BCUT2D eigenvalue weighted by molar-refractivity contribution is -0.137. The first-order valence-electron chi connectivity index (χ1n) is 11.6. The van der Waals surface area contributed by atoms with E-state index in [9.17, 15) is 9.90 Å². The van der Waals surface area contributed by atoms with E-state index < -0.39 is 12.1 Å². The molecule has 0 heterocycles. The number of hydrogen-bond acceptors (Lipinski definition) is 2. The van der Waals surface area contributed by atoms with Crippen LogP contribution in [0.25, 0.3) is 0 Å². The quantitative estimate of drug-likeness (QED) is 0.209. The second kappa shape index (κ2) is 20.7. The van der Waals surface area contributed by atoms with Crippen LogP contribution in [0.15, 0.2) is 0 Å². The number of carbonyl (C=O) groups is 1. The lowest BCUT2D eigenvalue weighted by Crippen LogP contribution is -2.09. The molecule has 0 aromatic heterocycles. The average molecular weight is 371 g/mol. The normalized spacial score (nSPS) is 12.4. The van der Waals surface area contributed by atoms with Gasteiger partial charge in [-0.2, -0.15) is 0 Å². The zero-order valence-corrected chi connectivity index (χ0v) is 17.5. The fraction of sp³-hybridized carbons (Fsp3) is 0.957. The summed E-state index contributed by atoms with van der Waals surface area (Å²) in [6, 6.07) is 0. The van der Waals surface area contributed by atoms with Gasteiger partial charge in [0.2, 0.25) is 0 Å². The Morgan fingerprint density at radius 1 is 0.615 bits per heavy atom. The van der Waals surface area contributed by atoms with E-state index in [2.05, 4.69) is 6.92 Å². The monoisotopic (exact) mass is 370 g/mol. The van der Waals surface area contributed by atoms with Crippen LogP contribution in [0.1, 0.15) is 135 Å². The molecule has 0 bridgehead atoms. The molecule has 0 rings (SSSR count). The highest BCUT2D eigenvalue weighted by atomic mass is 16.4. The van der Waals surface area contributed by atoms with Crippen LogP contribution < -0.4 is 0 Å². The third-order valence-electron chi connectivity index (χ3n) is 5.33. The van der Waals surface area contributed by atoms with Crippen LogP contribution >= 0.6 is 0 Å². The molecule has 0 radical (unpaired) electrons. The fourth-order valence-corrected chi connectivity index (χ4v) is 3.54. The van der Waals surface area contributed by atoms with Gasteiger partial charge in [0.25, 0.3) is 0 Å². The Morgan fingerprint density at radius 2 is 0.962 bits per heavy atom. The summed E-state index contributed by atoms with van der Waals surface area (Å²) in [6.45, 7) is 2.28. The largest absolute Gasteiger partial charge is 0.481 e. The van der Waals surface area contributed by atoms with Gasteiger partial charge in [-0.25, -0.2) is 0 Å². The fourth-order valence-electron chi connectivity index (χ4n) is 3.54. The van der Waals surface area contributed by atoms with Gasteiger partial charge in [-0.15, -0.1) is 0 Å². The molecule has 0 spiro atoms. The van der Waals surface area contributed by atoms with Gasteiger partial charge in [-0.1, -0.05) is 116 Å². The Bertz CT molecular complexity index is 291. The van der Waals surface area contributed by atoms with E-state index in [0.29, 0.717) is 6.42 Å². The highest BCUT2D eigenvalue weighted by molar-refractivity contribution is 5.66. The van der Waals surface area contributed by atoms with Crippen molar-refractivity contribution in [2.45, 2.75) is 141 Å². The minimum absolute atomic E-state index is 0.0835. The standard InChI is InChI=1S/C23H46O3/c1-2-3-4-5-6-7-8-9-10-11-12-13-14-15-16-17-18-19-22(24)20-21-23(25)26/h22,24H,2-21H2,1H3,(H,25,26). The topological polar surface area (TPSA) is 57.5 Å². The summed E-state index contributed by atoms with van der Waals surface area (Å²) in [5.74, 6) is -0.813. The number of aliphatic hydroxyl groups is 1. The van der Waals surface area contributed by atoms with Crippen LogP contribution in [-0.2, 0) is 4.79 Å². The van der Waals surface area contributed by atoms with Crippen molar-refractivity contribution >= 4 is 5.97 Å². The van der Waals surface area contributed by atoms with Crippen LogP contribution in [0, 0.1) is 0 Å². The van der Waals surface area contributed by atoms with Gasteiger partial charge < -0.3 is 10.2 Å². The lowest BCUT2D eigenvalue weighted by Gasteiger charge is -2.08. The molecule has 0 fully saturated rings. The zero-order chi connectivity index (χ0) is 19.3. The maximum atomic E-state index is 10.4. The molecule has 3 nitrogen and oxygen atoms in total. The maximum absolute atomic E-state index is 10.4. The molecular weight excluding hydrogens is 324 g/mol. The molecule has 0 saturated heterocycles. The minimum Gasteiger partial charge on any atom is -0.481 e. The van der Waals surface area contributed by atoms with Crippen molar-refractivity contribution in [2.75, 3.05) is 0 Å². The highest BCUT2D eigenvalue weighted by Crippen LogP contribution is 2.15. The van der Waals surface area contributed by atoms with E-state index in [-0.39, 0.29) is 6.42 Å². The predicted octanol–water partition coefficient (Wildman–Crippen LogP) is 7.25. The van der Waals surface area contributed by atoms with Gasteiger partial charge in [0, 0.05) is 6.42 Å². The highest BCUT2D eigenvalue weighted by Gasteiger charge is 2.06. The van der Waals surface area contributed by atoms with Gasteiger partial charge in [0.15, 0.2) is 0 Å². The first kappa shape index (κ1) is 25.4. The van der Waals surface area contributed by atoms with Gasteiger partial charge >= 0.3 is 5.97 Å². The number of aliphatic hydroxyl groups excluding tert-OH is 1. The Labute approximate surface area is 163 Å². The Balaban J connectivity index is 3.08. The van der Waals surface area contributed by atoms with Crippen molar-refractivity contribution in [1.29, 1.82) is 0 Å². The summed E-state index contributed by atoms with van der Waals surface area (Å²) in [4.78, 5) is 10.4. The number of rotatable bonds is 21. The summed E-state index contributed by atoms with van der Waals surface area (Å²) in [5.41, 5.74) is 0. The molecule has 26 heavy (non-hydrogen) atoms. The summed E-state index contributed by atoms with van der Waals surface area (Å²) in [5, 5.41) is 18.2.